The predicted molar refractivity (Wildman–Crippen MR) is 106 cm³/mol. The highest BCUT2D eigenvalue weighted by molar-refractivity contribution is 7.11. The number of aryl methyl sites for hydroxylation is 1. The molecule has 1 atom stereocenters. The minimum atomic E-state index is 0.00572. The zero-order valence-corrected chi connectivity index (χ0v) is 16.1. The maximum absolute atomic E-state index is 6.08. The normalized spacial score (nSPS) is 18.2. The van der Waals surface area contributed by atoms with Gasteiger partial charge in [0.05, 0.1) is 17.3 Å². The van der Waals surface area contributed by atoms with Gasteiger partial charge in [-0.3, -0.25) is 9.88 Å². The van der Waals surface area contributed by atoms with Gasteiger partial charge in [-0.2, -0.15) is 0 Å². The fourth-order valence-electron chi connectivity index (χ4n) is 3.16. The van der Waals surface area contributed by atoms with Crippen molar-refractivity contribution in [1.29, 1.82) is 0 Å². The molecule has 1 aromatic carbocycles. The standard InChI is InChI=1S/C20H20ClN3OS/c1-14-22-11-18(26-14)12-24-7-8-25-20(13-24)19-6-5-16(10-23-19)15-3-2-4-17(21)9-15/h2-6,9-11,20H,7-8,12-13H2,1H3/t20-/m0/s1. The summed E-state index contributed by atoms with van der Waals surface area (Å²) in [6.07, 6.45) is 3.88. The number of nitrogens with zero attached hydrogens (tertiary/aromatic N) is 3. The molecule has 0 N–H and O–H groups in total. The van der Waals surface area contributed by atoms with Crippen LogP contribution in [0.15, 0.2) is 48.8 Å². The van der Waals surface area contributed by atoms with Crippen LogP contribution in [-0.4, -0.2) is 34.6 Å². The van der Waals surface area contributed by atoms with Gasteiger partial charge in [-0.15, -0.1) is 11.3 Å². The maximum atomic E-state index is 6.08. The van der Waals surface area contributed by atoms with Crippen LogP contribution in [-0.2, 0) is 11.3 Å². The monoisotopic (exact) mass is 385 g/mol. The topological polar surface area (TPSA) is 38.2 Å². The van der Waals surface area contributed by atoms with E-state index in [0.29, 0.717) is 0 Å². The van der Waals surface area contributed by atoms with Gasteiger partial charge < -0.3 is 4.74 Å². The Morgan fingerprint density at radius 1 is 1.19 bits per heavy atom. The van der Waals surface area contributed by atoms with Gasteiger partial charge in [0, 0.05) is 47.5 Å². The predicted octanol–water partition coefficient (Wildman–Crippen LogP) is 4.74. The third-order valence-corrected chi connectivity index (χ3v) is 5.61. The van der Waals surface area contributed by atoms with E-state index in [4.69, 9.17) is 16.3 Å². The molecular formula is C20H20ClN3OS. The summed E-state index contributed by atoms with van der Waals surface area (Å²) in [5.41, 5.74) is 3.10. The largest absolute Gasteiger partial charge is 0.369 e. The van der Waals surface area contributed by atoms with Crippen LogP contribution < -0.4 is 0 Å². The Morgan fingerprint density at radius 3 is 2.85 bits per heavy atom. The number of aromatic nitrogens is 2. The van der Waals surface area contributed by atoms with Gasteiger partial charge in [0.2, 0.25) is 0 Å². The lowest BCUT2D eigenvalue weighted by molar-refractivity contribution is -0.0346. The quantitative estimate of drug-likeness (QED) is 0.650. The molecule has 0 saturated carbocycles. The SMILES string of the molecule is Cc1ncc(CN2CCO[C@H](c3ccc(-c4cccc(Cl)c4)cn3)C2)s1. The number of benzene rings is 1. The number of hydrogen-bond donors (Lipinski definition) is 0. The molecule has 1 fully saturated rings. The second-order valence-electron chi connectivity index (χ2n) is 6.42. The first-order valence-corrected chi connectivity index (χ1v) is 9.84. The minimum Gasteiger partial charge on any atom is -0.369 e. The summed E-state index contributed by atoms with van der Waals surface area (Å²) in [6, 6.07) is 12.0. The molecule has 4 nitrogen and oxygen atoms in total. The van der Waals surface area contributed by atoms with Crippen LogP contribution in [0, 0.1) is 6.92 Å². The van der Waals surface area contributed by atoms with Crippen molar-refractivity contribution >= 4 is 22.9 Å². The molecule has 2 aromatic heterocycles. The first-order valence-electron chi connectivity index (χ1n) is 8.64. The number of pyridine rings is 1. The Kier molecular flexibility index (Phi) is 5.31. The molecule has 0 aliphatic carbocycles. The molecule has 1 saturated heterocycles. The zero-order chi connectivity index (χ0) is 17.9. The number of thiazole rings is 1. The zero-order valence-electron chi connectivity index (χ0n) is 14.6. The second kappa shape index (κ2) is 7.84. The van der Waals surface area contributed by atoms with Gasteiger partial charge in [0.15, 0.2) is 0 Å². The summed E-state index contributed by atoms with van der Waals surface area (Å²) in [5.74, 6) is 0. The Balaban J connectivity index is 1.45. The van der Waals surface area contributed by atoms with E-state index in [0.717, 1.165) is 53.1 Å². The minimum absolute atomic E-state index is 0.00572. The third-order valence-electron chi connectivity index (χ3n) is 4.47. The lowest BCUT2D eigenvalue weighted by atomic mass is 10.1. The van der Waals surface area contributed by atoms with E-state index in [1.807, 2.05) is 43.6 Å². The summed E-state index contributed by atoms with van der Waals surface area (Å²) in [4.78, 5) is 12.7. The van der Waals surface area contributed by atoms with Crippen LogP contribution in [0.5, 0.6) is 0 Å². The number of morpholine rings is 1. The number of rotatable bonds is 4. The van der Waals surface area contributed by atoms with Gasteiger partial charge in [0.25, 0.3) is 0 Å². The summed E-state index contributed by atoms with van der Waals surface area (Å²) >= 11 is 7.84. The molecule has 3 aromatic rings. The van der Waals surface area contributed by atoms with Crippen LogP contribution in [0.1, 0.15) is 21.7 Å². The first kappa shape index (κ1) is 17.6. The fraction of sp³-hybridized carbons (Fsp3) is 0.300. The summed E-state index contributed by atoms with van der Waals surface area (Å²) < 4.78 is 5.96. The molecule has 6 heteroatoms. The number of hydrogen-bond acceptors (Lipinski definition) is 5. The van der Waals surface area contributed by atoms with E-state index in [1.54, 1.807) is 11.3 Å². The van der Waals surface area contributed by atoms with Gasteiger partial charge in [-0.1, -0.05) is 29.8 Å². The number of ether oxygens (including phenoxy) is 1. The van der Waals surface area contributed by atoms with Crippen LogP contribution in [0.25, 0.3) is 11.1 Å². The molecule has 1 aliphatic heterocycles. The lowest BCUT2D eigenvalue weighted by Gasteiger charge is -2.32. The average Bonchev–Trinajstić information content (AvgIpc) is 3.07. The van der Waals surface area contributed by atoms with Gasteiger partial charge >= 0.3 is 0 Å². The van der Waals surface area contributed by atoms with E-state index < -0.39 is 0 Å². The Morgan fingerprint density at radius 2 is 2.12 bits per heavy atom. The van der Waals surface area contributed by atoms with Crippen LogP contribution in [0.4, 0.5) is 0 Å². The highest BCUT2D eigenvalue weighted by Crippen LogP contribution is 2.26. The summed E-state index contributed by atoms with van der Waals surface area (Å²) in [5, 5.41) is 1.85. The van der Waals surface area contributed by atoms with Crippen molar-refractivity contribution in [2.45, 2.75) is 19.6 Å². The van der Waals surface area contributed by atoms with Crippen molar-refractivity contribution in [3.8, 4) is 11.1 Å². The smallest absolute Gasteiger partial charge is 0.112 e. The molecule has 0 unspecified atom stereocenters. The molecule has 4 rings (SSSR count). The molecule has 0 radical (unpaired) electrons. The summed E-state index contributed by atoms with van der Waals surface area (Å²) in [6.45, 7) is 5.47. The van der Waals surface area contributed by atoms with E-state index in [2.05, 4.69) is 27.0 Å². The molecular weight excluding hydrogens is 366 g/mol. The van der Waals surface area contributed by atoms with Gasteiger partial charge in [-0.05, 0) is 30.7 Å². The third kappa shape index (κ3) is 4.13. The van der Waals surface area contributed by atoms with Gasteiger partial charge in [0.1, 0.15) is 6.10 Å². The Bertz CT molecular complexity index is 881. The molecule has 1 aliphatic rings. The summed E-state index contributed by atoms with van der Waals surface area (Å²) in [7, 11) is 0. The average molecular weight is 386 g/mol. The molecule has 3 heterocycles. The lowest BCUT2D eigenvalue weighted by Crippen LogP contribution is -2.37. The molecule has 0 spiro atoms. The van der Waals surface area contributed by atoms with Crippen LogP contribution in [0.2, 0.25) is 5.02 Å². The van der Waals surface area contributed by atoms with Crippen molar-refractivity contribution < 1.29 is 4.74 Å². The first-order chi connectivity index (χ1) is 12.7. The van der Waals surface area contributed by atoms with Crippen molar-refractivity contribution in [2.24, 2.45) is 0 Å². The maximum Gasteiger partial charge on any atom is 0.112 e. The van der Waals surface area contributed by atoms with E-state index in [-0.39, 0.29) is 6.10 Å². The van der Waals surface area contributed by atoms with Crippen molar-refractivity contribution in [2.75, 3.05) is 19.7 Å². The van der Waals surface area contributed by atoms with Crippen molar-refractivity contribution in [3.63, 3.8) is 0 Å². The Hall–Kier alpha value is -1.79. The highest BCUT2D eigenvalue weighted by atomic mass is 35.5. The second-order valence-corrected chi connectivity index (χ2v) is 8.18. The molecule has 26 heavy (non-hydrogen) atoms. The number of halogens is 1. The Labute approximate surface area is 162 Å². The van der Waals surface area contributed by atoms with Crippen molar-refractivity contribution in [3.05, 3.63) is 69.4 Å². The molecule has 134 valence electrons. The van der Waals surface area contributed by atoms with Gasteiger partial charge in [-0.25, -0.2) is 4.98 Å². The molecule has 0 bridgehead atoms. The highest BCUT2D eigenvalue weighted by Gasteiger charge is 2.23. The molecule has 0 amide bonds. The van der Waals surface area contributed by atoms with E-state index in [9.17, 15) is 0 Å². The van der Waals surface area contributed by atoms with Crippen LogP contribution >= 0.6 is 22.9 Å². The van der Waals surface area contributed by atoms with E-state index in [1.165, 1.54) is 4.88 Å². The fourth-order valence-corrected chi connectivity index (χ4v) is 4.19. The van der Waals surface area contributed by atoms with Crippen LogP contribution in [0.3, 0.4) is 0 Å². The van der Waals surface area contributed by atoms with E-state index >= 15 is 0 Å². The van der Waals surface area contributed by atoms with Crippen molar-refractivity contribution in [1.82, 2.24) is 14.9 Å².